The van der Waals surface area contributed by atoms with Gasteiger partial charge in [-0.05, 0) is 31.0 Å². The molecule has 3 aromatic rings. The van der Waals surface area contributed by atoms with E-state index in [0.29, 0.717) is 47.7 Å². The summed E-state index contributed by atoms with van der Waals surface area (Å²) in [6.45, 7) is 0.505. The molecular formula is C20H15N5O3. The second kappa shape index (κ2) is 6.19. The van der Waals surface area contributed by atoms with Gasteiger partial charge >= 0.3 is 0 Å². The van der Waals surface area contributed by atoms with Crippen LogP contribution in [0.5, 0.6) is 0 Å². The molecule has 2 aliphatic heterocycles. The van der Waals surface area contributed by atoms with Crippen LogP contribution in [0.3, 0.4) is 0 Å². The Morgan fingerprint density at radius 2 is 1.71 bits per heavy atom. The fraction of sp³-hybridized carbons (Fsp3) is 0.200. The third-order valence-corrected chi connectivity index (χ3v) is 5.18. The minimum atomic E-state index is -0.587. The summed E-state index contributed by atoms with van der Waals surface area (Å²) in [4.78, 5) is 52.4. The largest absolute Gasteiger partial charge is 0.295 e. The van der Waals surface area contributed by atoms with E-state index in [1.54, 1.807) is 41.1 Å². The summed E-state index contributed by atoms with van der Waals surface area (Å²) in [5.41, 5.74) is 1.47. The average molecular weight is 373 g/mol. The highest BCUT2D eigenvalue weighted by Gasteiger charge is 2.42. The Hall–Kier alpha value is -3.68. The number of carbonyl (C=O) groups excluding carboxylic acids is 2. The van der Waals surface area contributed by atoms with Gasteiger partial charge in [-0.15, -0.1) is 0 Å². The molecule has 5 rings (SSSR count). The molecule has 0 N–H and O–H groups in total. The smallest absolute Gasteiger partial charge is 0.262 e. The Kier molecular flexibility index (Phi) is 3.65. The molecule has 4 heterocycles. The summed E-state index contributed by atoms with van der Waals surface area (Å²) in [6.07, 6.45) is 4.20. The molecule has 0 bridgehead atoms. The van der Waals surface area contributed by atoms with E-state index in [0.717, 1.165) is 0 Å². The molecule has 138 valence electrons. The average Bonchev–Trinajstić information content (AvgIpc) is 2.99. The number of imide groups is 1. The molecule has 1 aromatic carbocycles. The molecule has 1 unspecified atom stereocenters. The summed E-state index contributed by atoms with van der Waals surface area (Å²) >= 11 is 0. The molecular weight excluding hydrogens is 358 g/mol. The third kappa shape index (κ3) is 2.38. The van der Waals surface area contributed by atoms with E-state index in [1.165, 1.54) is 17.3 Å². The van der Waals surface area contributed by atoms with Crippen molar-refractivity contribution in [1.29, 1.82) is 0 Å². The van der Waals surface area contributed by atoms with E-state index < -0.39 is 6.04 Å². The number of hydrogen-bond donors (Lipinski definition) is 0. The van der Waals surface area contributed by atoms with E-state index in [2.05, 4.69) is 15.0 Å². The van der Waals surface area contributed by atoms with Gasteiger partial charge in [0, 0.05) is 18.8 Å². The van der Waals surface area contributed by atoms with Gasteiger partial charge in [0.05, 0.1) is 28.6 Å². The molecule has 0 saturated carbocycles. The van der Waals surface area contributed by atoms with Crippen molar-refractivity contribution in [2.24, 2.45) is 0 Å². The molecule has 0 spiro atoms. The fourth-order valence-corrected chi connectivity index (χ4v) is 3.88. The molecule has 2 aliphatic rings. The molecule has 0 fully saturated rings. The predicted molar refractivity (Wildman–Crippen MR) is 98.4 cm³/mol. The lowest BCUT2D eigenvalue weighted by Gasteiger charge is -2.31. The normalized spacial score (nSPS) is 18.1. The summed E-state index contributed by atoms with van der Waals surface area (Å²) < 4.78 is 1.54. The van der Waals surface area contributed by atoms with Crippen LogP contribution in [0.4, 0.5) is 0 Å². The summed E-state index contributed by atoms with van der Waals surface area (Å²) in [6, 6.07) is 9.27. The van der Waals surface area contributed by atoms with Crippen molar-refractivity contribution in [3.05, 3.63) is 76.2 Å². The molecule has 2 aromatic heterocycles. The van der Waals surface area contributed by atoms with E-state index in [-0.39, 0.29) is 17.4 Å². The molecule has 8 nitrogen and oxygen atoms in total. The molecule has 0 saturated heterocycles. The monoisotopic (exact) mass is 373 g/mol. The van der Waals surface area contributed by atoms with Crippen molar-refractivity contribution >= 4 is 11.8 Å². The molecule has 8 heteroatoms. The number of rotatable bonds is 2. The fourth-order valence-electron chi connectivity index (χ4n) is 3.88. The Morgan fingerprint density at radius 3 is 2.39 bits per heavy atom. The van der Waals surface area contributed by atoms with E-state index in [4.69, 9.17) is 0 Å². The summed E-state index contributed by atoms with van der Waals surface area (Å²) in [5.74, 6) is -0.275. The van der Waals surface area contributed by atoms with Gasteiger partial charge in [0.25, 0.3) is 17.4 Å². The van der Waals surface area contributed by atoms with Crippen molar-refractivity contribution in [1.82, 2.24) is 24.4 Å². The standard InChI is InChI=1S/C20H15N5O3/c26-17-10-15(14-7-8-21-11-22-14)23-18-16(6-3-9-24(17)18)25-19(27)12-4-1-2-5-13(12)20(25)28/h1-2,4-5,7-8,10-11,16H,3,6,9H2. The minimum Gasteiger partial charge on any atom is -0.295 e. The number of hydrogen-bond acceptors (Lipinski definition) is 6. The highest BCUT2D eigenvalue weighted by Crippen LogP contribution is 2.35. The van der Waals surface area contributed by atoms with Gasteiger partial charge in [-0.2, -0.15) is 0 Å². The first kappa shape index (κ1) is 16.5. The van der Waals surface area contributed by atoms with Crippen LogP contribution in [-0.2, 0) is 6.54 Å². The van der Waals surface area contributed by atoms with Gasteiger partial charge in [0.15, 0.2) is 0 Å². The Morgan fingerprint density at radius 1 is 0.964 bits per heavy atom. The molecule has 0 aliphatic carbocycles. The van der Waals surface area contributed by atoms with Crippen LogP contribution in [0, 0.1) is 0 Å². The molecule has 0 radical (unpaired) electrons. The first-order chi connectivity index (χ1) is 13.6. The van der Waals surface area contributed by atoms with Gasteiger partial charge in [-0.3, -0.25) is 23.9 Å². The van der Waals surface area contributed by atoms with Gasteiger partial charge in [0.1, 0.15) is 12.2 Å². The maximum atomic E-state index is 12.9. The van der Waals surface area contributed by atoms with Crippen molar-refractivity contribution in [3.8, 4) is 11.4 Å². The number of fused-ring (bicyclic) bond motifs is 2. The lowest BCUT2D eigenvalue weighted by molar-refractivity contribution is 0.0546. The zero-order valence-electron chi connectivity index (χ0n) is 14.8. The second-order valence-corrected chi connectivity index (χ2v) is 6.77. The van der Waals surface area contributed by atoms with Crippen LogP contribution in [-0.4, -0.2) is 36.2 Å². The number of nitrogens with zero attached hydrogens (tertiary/aromatic N) is 5. The summed E-state index contributed by atoms with van der Waals surface area (Å²) in [5, 5.41) is 0. The molecule has 28 heavy (non-hydrogen) atoms. The third-order valence-electron chi connectivity index (χ3n) is 5.18. The van der Waals surface area contributed by atoms with Crippen LogP contribution in [0.1, 0.15) is 45.4 Å². The van der Waals surface area contributed by atoms with Crippen LogP contribution >= 0.6 is 0 Å². The number of carbonyl (C=O) groups is 2. The highest BCUT2D eigenvalue weighted by atomic mass is 16.2. The first-order valence-electron chi connectivity index (χ1n) is 9.00. The number of amides is 2. The molecule has 2 amide bonds. The number of benzene rings is 1. The Labute approximate surface area is 159 Å². The van der Waals surface area contributed by atoms with E-state index in [1.807, 2.05) is 0 Å². The Bertz CT molecular complexity index is 1140. The van der Waals surface area contributed by atoms with Gasteiger partial charge < -0.3 is 0 Å². The maximum Gasteiger partial charge on any atom is 0.262 e. The zero-order valence-corrected chi connectivity index (χ0v) is 14.8. The summed E-state index contributed by atoms with van der Waals surface area (Å²) in [7, 11) is 0. The van der Waals surface area contributed by atoms with E-state index in [9.17, 15) is 14.4 Å². The SMILES string of the molecule is O=C1c2ccccc2C(=O)N1C1CCCn2c1nc(-c1ccncn1)cc2=O. The van der Waals surface area contributed by atoms with Crippen LogP contribution in [0.2, 0.25) is 0 Å². The van der Waals surface area contributed by atoms with Crippen LogP contribution in [0.25, 0.3) is 11.4 Å². The number of aromatic nitrogens is 4. The second-order valence-electron chi connectivity index (χ2n) is 6.77. The topological polar surface area (TPSA) is 98.1 Å². The zero-order chi connectivity index (χ0) is 19.3. The quantitative estimate of drug-likeness (QED) is 0.636. The first-order valence-corrected chi connectivity index (χ1v) is 9.00. The van der Waals surface area contributed by atoms with Crippen molar-refractivity contribution < 1.29 is 9.59 Å². The lowest BCUT2D eigenvalue weighted by Crippen LogP contribution is -2.41. The van der Waals surface area contributed by atoms with Gasteiger partial charge in [-0.25, -0.2) is 15.0 Å². The Balaban J connectivity index is 1.64. The van der Waals surface area contributed by atoms with Crippen molar-refractivity contribution in [2.75, 3.05) is 0 Å². The lowest BCUT2D eigenvalue weighted by atomic mass is 10.0. The van der Waals surface area contributed by atoms with Gasteiger partial charge in [-0.1, -0.05) is 12.1 Å². The van der Waals surface area contributed by atoms with Crippen molar-refractivity contribution in [3.63, 3.8) is 0 Å². The minimum absolute atomic E-state index is 0.222. The molecule has 1 atom stereocenters. The maximum absolute atomic E-state index is 12.9. The van der Waals surface area contributed by atoms with Crippen LogP contribution in [0.15, 0.2) is 53.7 Å². The van der Waals surface area contributed by atoms with E-state index >= 15 is 0 Å². The predicted octanol–water partition coefficient (Wildman–Crippen LogP) is 1.83. The van der Waals surface area contributed by atoms with Gasteiger partial charge in [0.2, 0.25) is 0 Å². The highest BCUT2D eigenvalue weighted by molar-refractivity contribution is 6.21. The van der Waals surface area contributed by atoms with Crippen LogP contribution < -0.4 is 5.56 Å². The van der Waals surface area contributed by atoms with Crippen molar-refractivity contribution in [2.45, 2.75) is 25.4 Å².